The van der Waals surface area contributed by atoms with E-state index in [1.165, 1.54) is 37.9 Å². The van der Waals surface area contributed by atoms with Crippen molar-refractivity contribution in [2.75, 3.05) is 45.8 Å². The van der Waals surface area contributed by atoms with Gasteiger partial charge in [0.05, 0.1) is 5.60 Å². The van der Waals surface area contributed by atoms with E-state index < -0.39 is 5.60 Å². The molecule has 1 aromatic heterocycles. The van der Waals surface area contributed by atoms with Crippen molar-refractivity contribution in [3.05, 3.63) is 30.1 Å². The highest BCUT2D eigenvalue weighted by molar-refractivity contribution is 5.09. The monoisotopic (exact) mass is 344 g/mol. The Balaban J connectivity index is 1.30. The maximum atomic E-state index is 11.4. The molecule has 138 valence electrons. The van der Waals surface area contributed by atoms with Crippen LogP contribution in [0.2, 0.25) is 0 Å². The van der Waals surface area contributed by atoms with Crippen LogP contribution in [0.15, 0.2) is 24.5 Å². The molecule has 0 bridgehead atoms. The summed E-state index contributed by atoms with van der Waals surface area (Å²) in [4.78, 5) is 11.7. The van der Waals surface area contributed by atoms with Crippen molar-refractivity contribution in [2.45, 2.75) is 50.3 Å². The topological polar surface area (TPSA) is 42.8 Å². The van der Waals surface area contributed by atoms with Crippen LogP contribution in [0.1, 0.15) is 37.7 Å². The summed E-state index contributed by atoms with van der Waals surface area (Å²) in [5.74, 6) is 0. The van der Waals surface area contributed by atoms with Gasteiger partial charge in [0.25, 0.3) is 0 Å². The molecular formula is C20H32N4O. The van der Waals surface area contributed by atoms with E-state index in [0.29, 0.717) is 6.04 Å². The zero-order valence-electron chi connectivity index (χ0n) is 15.3. The summed E-state index contributed by atoms with van der Waals surface area (Å²) >= 11 is 0. The van der Waals surface area contributed by atoms with Gasteiger partial charge in [-0.2, -0.15) is 0 Å². The van der Waals surface area contributed by atoms with Gasteiger partial charge in [-0.05, 0) is 56.5 Å². The summed E-state index contributed by atoms with van der Waals surface area (Å²) in [5.41, 5.74) is 0.846. The first-order chi connectivity index (χ1) is 12.2. The number of pyridine rings is 1. The molecule has 0 saturated carbocycles. The third kappa shape index (κ3) is 4.05. The lowest BCUT2D eigenvalue weighted by molar-refractivity contribution is -0.112. The molecule has 3 aliphatic heterocycles. The summed E-state index contributed by atoms with van der Waals surface area (Å²) < 4.78 is 0. The average Bonchev–Trinajstić information content (AvgIpc) is 2.65. The van der Waals surface area contributed by atoms with E-state index in [1.54, 1.807) is 0 Å². The van der Waals surface area contributed by atoms with Crippen LogP contribution in [-0.4, -0.2) is 82.2 Å². The second kappa shape index (κ2) is 7.70. The lowest BCUT2D eigenvalue weighted by Gasteiger charge is -2.51. The molecule has 0 aromatic carbocycles. The van der Waals surface area contributed by atoms with E-state index >= 15 is 0 Å². The fourth-order valence-electron chi connectivity index (χ4n) is 5.05. The van der Waals surface area contributed by atoms with E-state index in [-0.39, 0.29) is 0 Å². The van der Waals surface area contributed by atoms with Crippen molar-refractivity contribution in [3.63, 3.8) is 0 Å². The number of hydrogen-bond donors (Lipinski definition) is 1. The SMILES string of the molecule is O[C@@]1(CN2CCN(Cc3ccncc3)CC2)CCCN2CCCC[C@@H]21. The van der Waals surface area contributed by atoms with Crippen LogP contribution in [0.5, 0.6) is 0 Å². The van der Waals surface area contributed by atoms with Crippen LogP contribution < -0.4 is 0 Å². The van der Waals surface area contributed by atoms with Crippen molar-refractivity contribution in [1.82, 2.24) is 19.7 Å². The van der Waals surface area contributed by atoms with Gasteiger partial charge in [-0.25, -0.2) is 0 Å². The Bertz CT molecular complexity index is 544. The smallest absolute Gasteiger partial charge is 0.0928 e. The summed E-state index contributed by atoms with van der Waals surface area (Å²) in [6, 6.07) is 4.61. The summed E-state index contributed by atoms with van der Waals surface area (Å²) in [7, 11) is 0. The number of piperidine rings is 2. The minimum Gasteiger partial charge on any atom is -0.387 e. The number of aliphatic hydroxyl groups is 1. The minimum absolute atomic E-state index is 0.393. The molecule has 0 amide bonds. The third-order valence-corrected chi connectivity index (χ3v) is 6.41. The lowest BCUT2D eigenvalue weighted by Crippen LogP contribution is -2.63. The Morgan fingerprint density at radius 3 is 2.48 bits per heavy atom. The van der Waals surface area contributed by atoms with Gasteiger partial charge in [-0.3, -0.25) is 19.7 Å². The van der Waals surface area contributed by atoms with Crippen molar-refractivity contribution in [1.29, 1.82) is 0 Å². The molecule has 25 heavy (non-hydrogen) atoms. The Kier molecular flexibility index (Phi) is 5.36. The van der Waals surface area contributed by atoms with Crippen LogP contribution in [0.25, 0.3) is 0 Å². The molecule has 0 aliphatic carbocycles. The van der Waals surface area contributed by atoms with E-state index in [9.17, 15) is 5.11 Å². The number of fused-ring (bicyclic) bond motifs is 1. The highest BCUT2D eigenvalue weighted by atomic mass is 16.3. The minimum atomic E-state index is -0.494. The predicted octanol–water partition coefficient (Wildman–Crippen LogP) is 1.58. The molecular weight excluding hydrogens is 312 g/mol. The fourth-order valence-corrected chi connectivity index (χ4v) is 5.05. The van der Waals surface area contributed by atoms with Gasteiger partial charge >= 0.3 is 0 Å². The molecule has 0 spiro atoms. The van der Waals surface area contributed by atoms with Crippen molar-refractivity contribution < 1.29 is 5.11 Å². The second-order valence-electron chi connectivity index (χ2n) is 8.16. The number of hydrogen-bond acceptors (Lipinski definition) is 5. The van der Waals surface area contributed by atoms with Crippen molar-refractivity contribution in [3.8, 4) is 0 Å². The Hall–Kier alpha value is -1.01. The molecule has 1 aromatic rings. The number of aromatic nitrogens is 1. The third-order valence-electron chi connectivity index (χ3n) is 6.41. The van der Waals surface area contributed by atoms with E-state index in [1.807, 2.05) is 12.4 Å². The lowest BCUT2D eigenvalue weighted by atomic mass is 9.79. The first kappa shape index (κ1) is 17.4. The van der Waals surface area contributed by atoms with Gasteiger partial charge in [-0.1, -0.05) is 6.42 Å². The molecule has 2 atom stereocenters. The quantitative estimate of drug-likeness (QED) is 0.898. The fraction of sp³-hybridized carbons (Fsp3) is 0.750. The first-order valence-corrected chi connectivity index (χ1v) is 10.0. The largest absolute Gasteiger partial charge is 0.387 e. The number of rotatable bonds is 4. The van der Waals surface area contributed by atoms with Crippen LogP contribution in [0.4, 0.5) is 0 Å². The molecule has 0 radical (unpaired) electrons. The summed E-state index contributed by atoms with van der Waals surface area (Å²) in [5, 5.41) is 11.4. The van der Waals surface area contributed by atoms with Gasteiger partial charge in [0.2, 0.25) is 0 Å². The molecule has 5 nitrogen and oxygen atoms in total. The van der Waals surface area contributed by atoms with Crippen molar-refractivity contribution in [2.24, 2.45) is 0 Å². The standard InChI is InChI=1S/C20H32N4O/c25-20(7-3-11-24-10-2-1-4-19(20)24)17-23-14-12-22(13-15-23)16-18-5-8-21-9-6-18/h5-6,8-9,19,25H,1-4,7,10-17H2/t19-,20-/m1/s1. The zero-order valence-corrected chi connectivity index (χ0v) is 15.3. The highest BCUT2D eigenvalue weighted by Crippen LogP contribution is 2.34. The molecule has 4 rings (SSSR count). The number of nitrogens with zero attached hydrogens (tertiary/aromatic N) is 4. The Morgan fingerprint density at radius 2 is 1.68 bits per heavy atom. The van der Waals surface area contributed by atoms with Gasteiger partial charge in [0.15, 0.2) is 0 Å². The van der Waals surface area contributed by atoms with E-state index in [2.05, 4.69) is 31.8 Å². The molecule has 3 fully saturated rings. The number of piperazine rings is 1. The zero-order chi connectivity index (χ0) is 17.1. The van der Waals surface area contributed by atoms with Crippen LogP contribution in [-0.2, 0) is 6.54 Å². The average molecular weight is 345 g/mol. The Labute approximate surface area is 151 Å². The summed E-state index contributed by atoms with van der Waals surface area (Å²) in [6.45, 7) is 8.56. The second-order valence-corrected chi connectivity index (χ2v) is 8.16. The van der Waals surface area contributed by atoms with Crippen LogP contribution >= 0.6 is 0 Å². The molecule has 3 saturated heterocycles. The van der Waals surface area contributed by atoms with Gasteiger partial charge in [-0.15, -0.1) is 0 Å². The summed E-state index contributed by atoms with van der Waals surface area (Å²) in [6.07, 6.45) is 9.64. The van der Waals surface area contributed by atoms with E-state index in [0.717, 1.165) is 52.1 Å². The van der Waals surface area contributed by atoms with Gasteiger partial charge in [0, 0.05) is 57.7 Å². The van der Waals surface area contributed by atoms with Crippen LogP contribution in [0.3, 0.4) is 0 Å². The van der Waals surface area contributed by atoms with E-state index in [4.69, 9.17) is 0 Å². The highest BCUT2D eigenvalue weighted by Gasteiger charge is 2.45. The van der Waals surface area contributed by atoms with Gasteiger partial charge < -0.3 is 5.11 Å². The first-order valence-electron chi connectivity index (χ1n) is 10.0. The maximum absolute atomic E-state index is 11.4. The Morgan fingerprint density at radius 1 is 0.960 bits per heavy atom. The predicted molar refractivity (Wildman–Crippen MR) is 99.3 cm³/mol. The van der Waals surface area contributed by atoms with Gasteiger partial charge in [0.1, 0.15) is 0 Å². The molecule has 4 heterocycles. The molecule has 5 heteroatoms. The number of β-amino-alcohol motifs (C(OH)–C–C–N with tert-alkyl or cyclic N) is 1. The molecule has 1 N–H and O–H groups in total. The molecule has 0 unspecified atom stereocenters. The van der Waals surface area contributed by atoms with Crippen LogP contribution in [0, 0.1) is 0 Å². The maximum Gasteiger partial charge on any atom is 0.0928 e. The molecule has 3 aliphatic rings. The normalized spacial score (nSPS) is 32.4. The van der Waals surface area contributed by atoms with Crippen molar-refractivity contribution >= 4 is 0 Å².